The zero-order valence-corrected chi connectivity index (χ0v) is 12.8. The van der Waals surface area contributed by atoms with Gasteiger partial charge in [0, 0.05) is 19.2 Å². The van der Waals surface area contributed by atoms with Gasteiger partial charge in [-0.3, -0.25) is 0 Å². The van der Waals surface area contributed by atoms with Crippen LogP contribution in [0.15, 0.2) is 29.7 Å². The van der Waals surface area contributed by atoms with Crippen molar-refractivity contribution in [3.05, 3.63) is 41.7 Å². The lowest BCUT2D eigenvalue weighted by atomic mass is 10.1. The number of carboxylic acids is 1. The second-order valence-electron chi connectivity index (χ2n) is 4.64. The largest absolute Gasteiger partial charge is 0.478 e. The quantitative estimate of drug-likeness (QED) is 0.619. The molecule has 0 heterocycles. The van der Waals surface area contributed by atoms with Crippen LogP contribution in [0.2, 0.25) is 0 Å². The minimum Gasteiger partial charge on any atom is -0.478 e. The Balaban J connectivity index is 3.24. The number of allylic oxidation sites excluding steroid dienone is 1. The molecular formula is C14H18FNO4S. The van der Waals surface area contributed by atoms with Crippen LogP contribution < -0.4 is 0 Å². The number of unbranched alkanes of at least 4 members (excludes halogenated alkanes) is 1. The van der Waals surface area contributed by atoms with Gasteiger partial charge in [0.15, 0.2) is 0 Å². The summed E-state index contributed by atoms with van der Waals surface area (Å²) < 4.78 is 39.7. The molecule has 116 valence electrons. The Kier molecular flexibility index (Phi) is 5.62. The predicted molar refractivity (Wildman–Crippen MR) is 77.3 cm³/mol. The molecule has 1 aromatic rings. The summed E-state index contributed by atoms with van der Waals surface area (Å²) in [6.45, 7) is 5.11. The summed E-state index contributed by atoms with van der Waals surface area (Å²) in [5, 5.41) is 8.92. The van der Waals surface area contributed by atoms with Crippen LogP contribution in [0.5, 0.6) is 0 Å². The first-order chi connectivity index (χ1) is 9.71. The Morgan fingerprint density at radius 3 is 2.62 bits per heavy atom. The summed E-state index contributed by atoms with van der Waals surface area (Å²) in [6, 6.07) is 1.80. The second kappa shape index (κ2) is 6.82. The molecule has 0 aliphatic carbocycles. The predicted octanol–water partition coefficient (Wildman–Crippen LogP) is 2.42. The van der Waals surface area contributed by atoms with E-state index in [0.717, 1.165) is 16.4 Å². The Bertz CT molecular complexity index is 655. The number of carboxylic acid groups (broad SMARTS) is 1. The van der Waals surface area contributed by atoms with Gasteiger partial charge in [-0.25, -0.2) is 21.9 Å². The maximum atomic E-state index is 13.7. The number of benzene rings is 1. The van der Waals surface area contributed by atoms with Crippen molar-refractivity contribution < 1.29 is 22.7 Å². The molecule has 0 aliphatic heterocycles. The van der Waals surface area contributed by atoms with Crippen molar-refractivity contribution in [3.63, 3.8) is 0 Å². The lowest BCUT2D eigenvalue weighted by Gasteiger charge is -2.18. The van der Waals surface area contributed by atoms with Crippen molar-refractivity contribution in [1.29, 1.82) is 0 Å². The number of halogens is 1. The summed E-state index contributed by atoms with van der Waals surface area (Å²) in [4.78, 5) is 10.6. The SMILES string of the molecule is C=CCCCN(C)S(=O)(=O)c1cc(C(=O)O)cc(F)c1C. The third-order valence-corrected chi connectivity index (χ3v) is 5.10. The molecule has 0 saturated heterocycles. The third kappa shape index (κ3) is 3.89. The number of sulfonamides is 1. The molecule has 1 aromatic carbocycles. The van der Waals surface area contributed by atoms with Crippen LogP contribution >= 0.6 is 0 Å². The van der Waals surface area contributed by atoms with Crippen molar-refractivity contribution in [1.82, 2.24) is 4.31 Å². The van der Waals surface area contributed by atoms with Crippen LogP contribution in [0.4, 0.5) is 4.39 Å². The molecule has 0 bridgehead atoms. The number of hydrogen-bond donors (Lipinski definition) is 1. The maximum absolute atomic E-state index is 13.7. The fourth-order valence-electron chi connectivity index (χ4n) is 1.79. The van der Waals surface area contributed by atoms with E-state index >= 15 is 0 Å². The fraction of sp³-hybridized carbons (Fsp3) is 0.357. The molecule has 7 heteroatoms. The topological polar surface area (TPSA) is 74.7 Å². The first kappa shape index (κ1) is 17.3. The molecule has 0 radical (unpaired) electrons. The first-order valence-corrected chi connectivity index (χ1v) is 7.76. The van der Waals surface area contributed by atoms with Crippen LogP contribution in [0.3, 0.4) is 0 Å². The van der Waals surface area contributed by atoms with Crippen LogP contribution in [0, 0.1) is 12.7 Å². The molecule has 0 saturated carbocycles. The molecule has 0 unspecified atom stereocenters. The van der Waals surface area contributed by atoms with Gasteiger partial charge >= 0.3 is 5.97 Å². The van der Waals surface area contributed by atoms with E-state index in [1.54, 1.807) is 6.08 Å². The highest BCUT2D eigenvalue weighted by Gasteiger charge is 2.25. The van der Waals surface area contributed by atoms with E-state index in [-0.39, 0.29) is 17.0 Å². The molecule has 0 aliphatic rings. The highest BCUT2D eigenvalue weighted by molar-refractivity contribution is 7.89. The summed E-state index contributed by atoms with van der Waals surface area (Å²) in [5.74, 6) is -2.23. The van der Waals surface area contributed by atoms with Crippen molar-refractivity contribution in [2.75, 3.05) is 13.6 Å². The molecular weight excluding hydrogens is 297 g/mol. The zero-order chi connectivity index (χ0) is 16.2. The molecule has 0 spiro atoms. The highest BCUT2D eigenvalue weighted by atomic mass is 32.2. The van der Waals surface area contributed by atoms with Gasteiger partial charge in [0.2, 0.25) is 10.0 Å². The van der Waals surface area contributed by atoms with Crippen molar-refractivity contribution in [3.8, 4) is 0 Å². The zero-order valence-electron chi connectivity index (χ0n) is 12.0. The number of aromatic carboxylic acids is 1. The Labute approximate surface area is 123 Å². The maximum Gasteiger partial charge on any atom is 0.335 e. The summed E-state index contributed by atoms with van der Waals surface area (Å²) >= 11 is 0. The molecule has 21 heavy (non-hydrogen) atoms. The van der Waals surface area contributed by atoms with Gasteiger partial charge < -0.3 is 5.11 Å². The van der Waals surface area contributed by atoms with E-state index in [4.69, 9.17) is 5.11 Å². The van der Waals surface area contributed by atoms with Gasteiger partial charge in [0.25, 0.3) is 0 Å². The molecule has 0 aromatic heterocycles. The summed E-state index contributed by atoms with van der Waals surface area (Å²) in [7, 11) is -2.55. The van der Waals surface area contributed by atoms with Gasteiger partial charge in [-0.05, 0) is 31.9 Å². The van der Waals surface area contributed by atoms with Crippen molar-refractivity contribution in [2.45, 2.75) is 24.7 Å². The third-order valence-electron chi connectivity index (χ3n) is 3.11. The normalized spacial score (nSPS) is 11.6. The summed E-state index contributed by atoms with van der Waals surface area (Å²) in [6.07, 6.45) is 2.91. The number of hydrogen-bond acceptors (Lipinski definition) is 3. The average molecular weight is 315 g/mol. The Morgan fingerprint density at radius 2 is 2.10 bits per heavy atom. The molecule has 1 N–H and O–H groups in total. The van der Waals surface area contributed by atoms with Gasteiger partial charge in [-0.15, -0.1) is 6.58 Å². The van der Waals surface area contributed by atoms with E-state index in [1.807, 2.05) is 0 Å². The minimum atomic E-state index is -3.93. The van der Waals surface area contributed by atoms with E-state index in [9.17, 15) is 17.6 Å². The number of nitrogens with zero attached hydrogens (tertiary/aromatic N) is 1. The van der Waals surface area contributed by atoms with Crippen molar-refractivity contribution >= 4 is 16.0 Å². The van der Waals surface area contributed by atoms with E-state index in [0.29, 0.717) is 12.8 Å². The lowest BCUT2D eigenvalue weighted by molar-refractivity contribution is 0.0696. The van der Waals surface area contributed by atoms with Crippen LogP contribution in [0.25, 0.3) is 0 Å². The van der Waals surface area contributed by atoms with Crippen molar-refractivity contribution in [2.24, 2.45) is 0 Å². The molecule has 1 rings (SSSR count). The molecule has 0 amide bonds. The van der Waals surface area contributed by atoms with Crippen LogP contribution in [-0.4, -0.2) is 37.4 Å². The Morgan fingerprint density at radius 1 is 1.48 bits per heavy atom. The van der Waals surface area contributed by atoms with E-state index < -0.39 is 27.4 Å². The van der Waals surface area contributed by atoms with Gasteiger partial charge in [-0.2, -0.15) is 0 Å². The van der Waals surface area contributed by atoms with E-state index in [2.05, 4.69) is 6.58 Å². The average Bonchev–Trinajstić information content (AvgIpc) is 2.41. The molecule has 0 fully saturated rings. The van der Waals surface area contributed by atoms with Crippen LogP contribution in [-0.2, 0) is 10.0 Å². The summed E-state index contributed by atoms with van der Waals surface area (Å²) in [5.41, 5.74) is -0.480. The molecule has 0 atom stereocenters. The number of carbonyl (C=O) groups is 1. The monoisotopic (exact) mass is 315 g/mol. The van der Waals surface area contributed by atoms with Crippen LogP contribution in [0.1, 0.15) is 28.8 Å². The first-order valence-electron chi connectivity index (χ1n) is 6.32. The lowest BCUT2D eigenvalue weighted by Crippen LogP contribution is -2.29. The number of rotatable bonds is 7. The van der Waals surface area contributed by atoms with E-state index in [1.165, 1.54) is 14.0 Å². The molecule has 5 nitrogen and oxygen atoms in total. The smallest absolute Gasteiger partial charge is 0.335 e. The Hall–Kier alpha value is -1.73. The van der Waals surface area contributed by atoms with Gasteiger partial charge in [-0.1, -0.05) is 6.08 Å². The fourth-order valence-corrected chi connectivity index (χ4v) is 3.26. The second-order valence-corrected chi connectivity index (χ2v) is 6.66. The van der Waals surface area contributed by atoms with Gasteiger partial charge in [0.05, 0.1) is 10.5 Å². The highest BCUT2D eigenvalue weighted by Crippen LogP contribution is 2.23. The van der Waals surface area contributed by atoms with Gasteiger partial charge in [0.1, 0.15) is 5.82 Å². The minimum absolute atomic E-state index is 0.0874. The standard InChI is InChI=1S/C14H18FNO4S/c1-4-5-6-7-16(3)21(19,20)13-9-11(14(17)18)8-12(15)10(13)2/h4,8-9H,1,5-7H2,2-3H3,(H,17,18).